The Labute approximate surface area is 118 Å². The summed E-state index contributed by atoms with van der Waals surface area (Å²) in [5.41, 5.74) is 1.03. The average molecular weight is 365 g/mol. The van der Waals surface area contributed by atoms with Crippen LogP contribution in [-0.4, -0.2) is 17.9 Å². The van der Waals surface area contributed by atoms with E-state index >= 15 is 0 Å². The zero-order chi connectivity index (χ0) is 12.3. The second kappa shape index (κ2) is 6.27. The van der Waals surface area contributed by atoms with Crippen LogP contribution in [0.15, 0.2) is 21.3 Å². The van der Waals surface area contributed by atoms with Crippen molar-refractivity contribution in [2.24, 2.45) is 0 Å². The standard InChI is InChI=1S/C12H15Br2NO2/c1-8(17-10-4-2-3-7-16-10)11-9(13)5-6-15-12(11)14/h5-6,8,10H,2-4,7H2,1H3. The van der Waals surface area contributed by atoms with Crippen LogP contribution >= 0.6 is 31.9 Å². The van der Waals surface area contributed by atoms with E-state index in [0.717, 1.165) is 34.1 Å². The Morgan fingerprint density at radius 2 is 2.29 bits per heavy atom. The summed E-state index contributed by atoms with van der Waals surface area (Å²) in [6.45, 7) is 2.82. The first kappa shape index (κ1) is 13.5. The number of hydrogen-bond acceptors (Lipinski definition) is 3. The van der Waals surface area contributed by atoms with Gasteiger partial charge < -0.3 is 9.47 Å². The van der Waals surface area contributed by atoms with Gasteiger partial charge in [0, 0.05) is 22.8 Å². The lowest BCUT2D eigenvalue weighted by atomic mass is 10.1. The van der Waals surface area contributed by atoms with Crippen LogP contribution in [-0.2, 0) is 9.47 Å². The van der Waals surface area contributed by atoms with E-state index in [1.165, 1.54) is 6.42 Å². The van der Waals surface area contributed by atoms with Gasteiger partial charge in [-0.05, 0) is 48.2 Å². The predicted molar refractivity (Wildman–Crippen MR) is 72.7 cm³/mol. The van der Waals surface area contributed by atoms with Crippen LogP contribution < -0.4 is 0 Å². The van der Waals surface area contributed by atoms with Crippen molar-refractivity contribution in [3.8, 4) is 0 Å². The normalized spacial score (nSPS) is 22.4. The third-order valence-electron chi connectivity index (χ3n) is 2.79. The first-order chi connectivity index (χ1) is 8.18. The summed E-state index contributed by atoms with van der Waals surface area (Å²) in [5.74, 6) is 0. The van der Waals surface area contributed by atoms with Gasteiger partial charge in [-0.3, -0.25) is 0 Å². The molecule has 1 aromatic heterocycles. The minimum atomic E-state index is -0.0854. The van der Waals surface area contributed by atoms with Gasteiger partial charge in [-0.25, -0.2) is 4.98 Å². The van der Waals surface area contributed by atoms with Crippen LogP contribution in [0.1, 0.15) is 37.9 Å². The smallest absolute Gasteiger partial charge is 0.158 e. The van der Waals surface area contributed by atoms with E-state index in [4.69, 9.17) is 9.47 Å². The highest BCUT2D eigenvalue weighted by Crippen LogP contribution is 2.32. The summed E-state index contributed by atoms with van der Waals surface area (Å²) >= 11 is 6.97. The van der Waals surface area contributed by atoms with Gasteiger partial charge in [-0.15, -0.1) is 0 Å². The number of aromatic nitrogens is 1. The lowest BCUT2D eigenvalue weighted by Gasteiger charge is -2.26. The Balaban J connectivity index is 2.05. The number of pyridine rings is 1. The van der Waals surface area contributed by atoms with Crippen molar-refractivity contribution < 1.29 is 9.47 Å². The van der Waals surface area contributed by atoms with Crippen molar-refractivity contribution in [3.63, 3.8) is 0 Å². The van der Waals surface area contributed by atoms with Crippen molar-refractivity contribution in [1.29, 1.82) is 0 Å². The van der Waals surface area contributed by atoms with Gasteiger partial charge in [0.25, 0.3) is 0 Å². The SMILES string of the molecule is CC(OC1CCCCO1)c1c(Br)ccnc1Br. The summed E-state index contributed by atoms with van der Waals surface area (Å²) in [4.78, 5) is 4.22. The number of rotatable bonds is 3. The lowest BCUT2D eigenvalue weighted by Crippen LogP contribution is -2.23. The summed E-state index contributed by atoms with van der Waals surface area (Å²) in [6, 6.07) is 1.92. The maximum absolute atomic E-state index is 5.92. The van der Waals surface area contributed by atoms with Gasteiger partial charge in [0.1, 0.15) is 4.60 Å². The van der Waals surface area contributed by atoms with Crippen LogP contribution in [0, 0.1) is 0 Å². The van der Waals surface area contributed by atoms with Crippen LogP contribution in [0.25, 0.3) is 0 Å². The third-order valence-corrected chi connectivity index (χ3v) is 4.11. The predicted octanol–water partition coefficient (Wildman–Crippen LogP) is 4.21. The topological polar surface area (TPSA) is 31.4 Å². The summed E-state index contributed by atoms with van der Waals surface area (Å²) in [5, 5.41) is 0. The third kappa shape index (κ3) is 3.50. The molecule has 2 unspecified atom stereocenters. The molecule has 0 aromatic carbocycles. The fourth-order valence-electron chi connectivity index (χ4n) is 1.90. The van der Waals surface area contributed by atoms with Crippen LogP contribution in [0.2, 0.25) is 0 Å². The molecular formula is C12H15Br2NO2. The van der Waals surface area contributed by atoms with E-state index in [1.54, 1.807) is 6.20 Å². The van der Waals surface area contributed by atoms with E-state index in [-0.39, 0.29) is 12.4 Å². The molecule has 0 amide bonds. The first-order valence-electron chi connectivity index (χ1n) is 5.75. The maximum atomic E-state index is 5.92. The van der Waals surface area contributed by atoms with Gasteiger partial charge in [-0.1, -0.05) is 15.9 Å². The monoisotopic (exact) mass is 363 g/mol. The molecule has 1 fully saturated rings. The number of halogens is 2. The van der Waals surface area contributed by atoms with Crippen LogP contribution in [0.3, 0.4) is 0 Å². The van der Waals surface area contributed by atoms with E-state index in [9.17, 15) is 0 Å². The fourth-order valence-corrected chi connectivity index (χ4v) is 3.45. The molecule has 0 bridgehead atoms. The van der Waals surface area contributed by atoms with E-state index in [2.05, 4.69) is 36.8 Å². The van der Waals surface area contributed by atoms with Crippen molar-refractivity contribution in [3.05, 3.63) is 26.9 Å². The minimum absolute atomic E-state index is 0.0458. The second-order valence-corrected chi connectivity index (χ2v) is 5.68. The van der Waals surface area contributed by atoms with Crippen molar-refractivity contribution in [1.82, 2.24) is 4.98 Å². The van der Waals surface area contributed by atoms with Gasteiger partial charge in [-0.2, -0.15) is 0 Å². The molecule has 5 heteroatoms. The summed E-state index contributed by atoms with van der Waals surface area (Å²) < 4.78 is 13.3. The van der Waals surface area contributed by atoms with Gasteiger partial charge >= 0.3 is 0 Å². The molecule has 2 rings (SSSR count). The Kier molecular flexibility index (Phi) is 4.97. The largest absolute Gasteiger partial charge is 0.353 e. The molecule has 0 saturated carbocycles. The van der Waals surface area contributed by atoms with Crippen LogP contribution in [0.4, 0.5) is 0 Å². The maximum Gasteiger partial charge on any atom is 0.158 e. The Morgan fingerprint density at radius 3 is 2.94 bits per heavy atom. The molecule has 2 atom stereocenters. The molecule has 1 aromatic rings. The number of ether oxygens (including phenoxy) is 2. The fraction of sp³-hybridized carbons (Fsp3) is 0.583. The van der Waals surface area contributed by atoms with Gasteiger partial charge in [0.2, 0.25) is 0 Å². The molecule has 0 spiro atoms. The van der Waals surface area contributed by atoms with E-state index in [1.807, 2.05) is 13.0 Å². The Bertz CT molecular complexity index is 361. The van der Waals surface area contributed by atoms with Crippen molar-refractivity contribution in [2.45, 2.75) is 38.6 Å². The molecule has 0 N–H and O–H groups in total. The molecule has 17 heavy (non-hydrogen) atoms. The molecule has 0 aliphatic carbocycles. The quantitative estimate of drug-likeness (QED) is 0.753. The molecule has 2 heterocycles. The van der Waals surface area contributed by atoms with Gasteiger partial charge in [0.15, 0.2) is 6.29 Å². The number of hydrogen-bond donors (Lipinski definition) is 0. The molecular weight excluding hydrogens is 350 g/mol. The van der Waals surface area contributed by atoms with Crippen molar-refractivity contribution >= 4 is 31.9 Å². The van der Waals surface area contributed by atoms with Gasteiger partial charge in [0.05, 0.1) is 6.10 Å². The summed E-state index contributed by atoms with van der Waals surface area (Å²) in [6.07, 6.45) is 4.90. The zero-order valence-corrected chi connectivity index (χ0v) is 12.8. The van der Waals surface area contributed by atoms with Crippen molar-refractivity contribution in [2.75, 3.05) is 6.61 Å². The van der Waals surface area contributed by atoms with E-state index in [0.29, 0.717) is 0 Å². The highest BCUT2D eigenvalue weighted by molar-refractivity contribution is 9.11. The first-order valence-corrected chi connectivity index (χ1v) is 7.34. The molecule has 94 valence electrons. The highest BCUT2D eigenvalue weighted by Gasteiger charge is 2.21. The molecule has 1 aliphatic heterocycles. The zero-order valence-electron chi connectivity index (χ0n) is 9.66. The average Bonchev–Trinajstić information content (AvgIpc) is 2.30. The highest BCUT2D eigenvalue weighted by atomic mass is 79.9. The Hall–Kier alpha value is 0.0300. The minimum Gasteiger partial charge on any atom is -0.353 e. The Morgan fingerprint density at radius 1 is 1.47 bits per heavy atom. The second-order valence-electron chi connectivity index (χ2n) is 4.07. The molecule has 0 radical (unpaired) electrons. The van der Waals surface area contributed by atoms with E-state index < -0.39 is 0 Å². The lowest BCUT2D eigenvalue weighted by molar-refractivity contribution is -0.186. The molecule has 1 saturated heterocycles. The summed E-state index contributed by atoms with van der Waals surface area (Å²) in [7, 11) is 0. The van der Waals surface area contributed by atoms with Crippen LogP contribution in [0.5, 0.6) is 0 Å². The number of nitrogens with zero attached hydrogens (tertiary/aromatic N) is 1. The molecule has 1 aliphatic rings. The molecule has 3 nitrogen and oxygen atoms in total.